The van der Waals surface area contributed by atoms with Gasteiger partial charge < -0.3 is 13.9 Å². The molecule has 0 unspecified atom stereocenters. The molecule has 0 aliphatic heterocycles. The van der Waals surface area contributed by atoms with Crippen LogP contribution in [0.2, 0.25) is 0 Å². The third kappa shape index (κ3) is 3.20. The van der Waals surface area contributed by atoms with Gasteiger partial charge in [0, 0.05) is 21.5 Å². The van der Waals surface area contributed by atoms with E-state index in [2.05, 4.69) is 83.3 Å². The summed E-state index contributed by atoms with van der Waals surface area (Å²) in [4.78, 5) is 0. The van der Waals surface area contributed by atoms with Crippen LogP contribution in [0.25, 0.3) is 59.6 Å². The standard InChI is InChI=1S/C38H23NO2/c1-3-14-26(15-4-1)40-37-28-18-9-7-12-24(28)22-32-34(37)30-20-11-21-31-35-33(39(32)36(30)31)23-25-13-8-10-19-29(25)38(35)41-27-16-5-2-6-17-27/h1-23H. The molecular weight excluding hydrogens is 502 g/mol. The van der Waals surface area contributed by atoms with Crippen molar-refractivity contribution in [1.29, 1.82) is 0 Å². The molecule has 3 heteroatoms. The summed E-state index contributed by atoms with van der Waals surface area (Å²) >= 11 is 0. The minimum absolute atomic E-state index is 0.823. The van der Waals surface area contributed by atoms with E-state index in [-0.39, 0.29) is 0 Å². The molecule has 2 heterocycles. The minimum atomic E-state index is 0.823. The van der Waals surface area contributed by atoms with Crippen LogP contribution in [0.1, 0.15) is 0 Å². The third-order valence-corrected chi connectivity index (χ3v) is 8.17. The Bertz CT molecular complexity index is 2240. The summed E-state index contributed by atoms with van der Waals surface area (Å²) in [5.74, 6) is 3.42. The average Bonchev–Trinajstić information content (AvgIpc) is 3.54. The molecule has 0 aliphatic carbocycles. The average molecular weight is 526 g/mol. The van der Waals surface area contributed by atoms with Crippen LogP contribution in [0, 0.1) is 0 Å². The van der Waals surface area contributed by atoms with Crippen molar-refractivity contribution >= 4 is 59.6 Å². The molecule has 0 atom stereocenters. The highest BCUT2D eigenvalue weighted by atomic mass is 16.5. The van der Waals surface area contributed by atoms with Crippen molar-refractivity contribution in [2.75, 3.05) is 0 Å². The van der Waals surface area contributed by atoms with E-state index in [9.17, 15) is 0 Å². The molecular formula is C38H23NO2. The molecule has 0 bridgehead atoms. The maximum absolute atomic E-state index is 6.71. The molecule has 0 aliphatic rings. The molecule has 41 heavy (non-hydrogen) atoms. The third-order valence-electron chi connectivity index (χ3n) is 8.17. The maximum atomic E-state index is 6.71. The molecule has 0 saturated heterocycles. The maximum Gasteiger partial charge on any atom is 0.145 e. The molecule has 9 rings (SSSR count). The normalized spacial score (nSPS) is 11.9. The van der Waals surface area contributed by atoms with Crippen molar-refractivity contribution in [3.05, 3.63) is 140 Å². The highest BCUT2D eigenvalue weighted by Crippen LogP contribution is 2.49. The number of hydrogen-bond donors (Lipinski definition) is 0. The second-order valence-corrected chi connectivity index (χ2v) is 10.5. The van der Waals surface area contributed by atoms with Gasteiger partial charge in [-0.2, -0.15) is 0 Å². The lowest BCUT2D eigenvalue weighted by atomic mass is 10.0. The van der Waals surface area contributed by atoms with Gasteiger partial charge in [-0.25, -0.2) is 0 Å². The monoisotopic (exact) mass is 525 g/mol. The van der Waals surface area contributed by atoms with Gasteiger partial charge in [-0.15, -0.1) is 0 Å². The first kappa shape index (κ1) is 22.3. The van der Waals surface area contributed by atoms with Crippen LogP contribution < -0.4 is 9.47 Å². The number of fused-ring (bicyclic) bond motifs is 8. The summed E-state index contributed by atoms with van der Waals surface area (Å²) in [5, 5.41) is 9.05. The van der Waals surface area contributed by atoms with Crippen molar-refractivity contribution in [3.8, 4) is 23.0 Å². The topological polar surface area (TPSA) is 22.9 Å². The van der Waals surface area contributed by atoms with Gasteiger partial charge in [0.1, 0.15) is 23.0 Å². The van der Waals surface area contributed by atoms with E-state index in [4.69, 9.17) is 9.47 Å². The lowest BCUT2D eigenvalue weighted by Crippen LogP contribution is -1.90. The van der Waals surface area contributed by atoms with Crippen molar-refractivity contribution in [2.24, 2.45) is 0 Å². The van der Waals surface area contributed by atoms with Crippen LogP contribution in [0.5, 0.6) is 23.0 Å². The Morgan fingerprint density at radius 2 is 0.805 bits per heavy atom. The van der Waals surface area contributed by atoms with Gasteiger partial charge in [-0.05, 0) is 47.2 Å². The Morgan fingerprint density at radius 3 is 1.29 bits per heavy atom. The summed E-state index contributed by atoms with van der Waals surface area (Å²) in [6.45, 7) is 0. The molecule has 0 spiro atoms. The van der Waals surface area contributed by atoms with Crippen LogP contribution in [0.3, 0.4) is 0 Å². The Balaban J connectivity index is 1.47. The largest absolute Gasteiger partial charge is 0.456 e. The molecule has 0 saturated carbocycles. The number of hydrogen-bond acceptors (Lipinski definition) is 2. The zero-order valence-corrected chi connectivity index (χ0v) is 22.0. The quantitative estimate of drug-likeness (QED) is 0.228. The number of rotatable bonds is 4. The first-order valence-corrected chi connectivity index (χ1v) is 13.9. The number of aromatic nitrogens is 1. The minimum Gasteiger partial charge on any atom is -0.456 e. The number of ether oxygens (including phenoxy) is 2. The van der Waals surface area contributed by atoms with Gasteiger partial charge >= 0.3 is 0 Å². The number of benzene rings is 7. The summed E-state index contributed by atoms with van der Waals surface area (Å²) in [6.07, 6.45) is 0. The van der Waals surface area contributed by atoms with Gasteiger partial charge in [0.25, 0.3) is 0 Å². The molecule has 0 radical (unpaired) electrons. The molecule has 3 nitrogen and oxygen atoms in total. The zero-order valence-electron chi connectivity index (χ0n) is 22.0. The lowest BCUT2D eigenvalue weighted by molar-refractivity contribution is 0.494. The summed E-state index contributed by atoms with van der Waals surface area (Å²) in [7, 11) is 0. The van der Waals surface area contributed by atoms with Crippen LogP contribution in [-0.2, 0) is 0 Å². The Kier molecular flexibility index (Phi) is 4.61. The second-order valence-electron chi connectivity index (χ2n) is 10.5. The van der Waals surface area contributed by atoms with Gasteiger partial charge in [0.15, 0.2) is 0 Å². The van der Waals surface area contributed by atoms with Crippen molar-refractivity contribution < 1.29 is 9.47 Å². The SMILES string of the molecule is c1ccc(Oc2c3ccccc3cc3c2c2cccc4c5c(Oc6ccccc6)c6ccccc6cc5n3c24)cc1. The van der Waals surface area contributed by atoms with E-state index in [1.165, 1.54) is 16.3 Å². The van der Waals surface area contributed by atoms with Crippen molar-refractivity contribution in [2.45, 2.75) is 0 Å². The predicted octanol–water partition coefficient (Wildman–Crippen LogP) is 10.7. The Morgan fingerprint density at radius 1 is 0.390 bits per heavy atom. The molecule has 0 N–H and O–H groups in total. The first-order valence-electron chi connectivity index (χ1n) is 13.9. The zero-order chi connectivity index (χ0) is 26.9. The lowest BCUT2D eigenvalue weighted by Gasteiger charge is -2.13. The van der Waals surface area contributed by atoms with Gasteiger partial charge in [0.05, 0.1) is 27.3 Å². The summed E-state index contributed by atoms with van der Waals surface area (Å²) < 4.78 is 15.8. The van der Waals surface area contributed by atoms with Gasteiger partial charge in [-0.1, -0.05) is 103 Å². The Labute approximate surface area is 235 Å². The van der Waals surface area contributed by atoms with Crippen LogP contribution in [-0.4, -0.2) is 4.40 Å². The molecule has 0 fully saturated rings. The smallest absolute Gasteiger partial charge is 0.145 e. The van der Waals surface area contributed by atoms with E-state index < -0.39 is 0 Å². The van der Waals surface area contributed by atoms with E-state index >= 15 is 0 Å². The summed E-state index contributed by atoms with van der Waals surface area (Å²) in [6, 6.07) is 48.3. The molecule has 2 aromatic heterocycles. The second kappa shape index (κ2) is 8.48. The highest BCUT2D eigenvalue weighted by Gasteiger charge is 2.25. The fourth-order valence-corrected chi connectivity index (χ4v) is 6.46. The fraction of sp³-hybridized carbons (Fsp3) is 0. The number of para-hydroxylation sites is 3. The van der Waals surface area contributed by atoms with Crippen LogP contribution >= 0.6 is 0 Å². The number of nitrogens with zero attached hydrogens (tertiary/aromatic N) is 1. The van der Waals surface area contributed by atoms with Gasteiger partial charge in [0.2, 0.25) is 0 Å². The fourth-order valence-electron chi connectivity index (χ4n) is 6.46. The molecule has 0 amide bonds. The van der Waals surface area contributed by atoms with E-state index in [0.717, 1.165) is 66.3 Å². The van der Waals surface area contributed by atoms with Crippen LogP contribution in [0.4, 0.5) is 0 Å². The summed E-state index contributed by atoms with van der Waals surface area (Å²) in [5.41, 5.74) is 3.42. The van der Waals surface area contributed by atoms with E-state index in [1.807, 2.05) is 60.7 Å². The Hall–Kier alpha value is -5.54. The van der Waals surface area contributed by atoms with Crippen molar-refractivity contribution in [1.82, 2.24) is 4.40 Å². The molecule has 192 valence electrons. The first-order chi connectivity index (χ1) is 20.3. The predicted molar refractivity (Wildman–Crippen MR) is 169 cm³/mol. The van der Waals surface area contributed by atoms with Crippen LogP contribution in [0.15, 0.2) is 140 Å². The van der Waals surface area contributed by atoms with E-state index in [0.29, 0.717) is 0 Å². The molecule has 9 aromatic rings. The molecule has 7 aromatic carbocycles. The van der Waals surface area contributed by atoms with E-state index in [1.54, 1.807) is 0 Å². The highest BCUT2D eigenvalue weighted by molar-refractivity contribution is 6.29. The van der Waals surface area contributed by atoms with Gasteiger partial charge in [-0.3, -0.25) is 0 Å². The van der Waals surface area contributed by atoms with Crippen molar-refractivity contribution in [3.63, 3.8) is 0 Å².